The highest BCUT2D eigenvalue weighted by Crippen LogP contribution is 2.30. The van der Waals surface area contributed by atoms with Gasteiger partial charge >= 0.3 is 0 Å². The van der Waals surface area contributed by atoms with E-state index in [1.165, 1.54) is 0 Å². The molecule has 2 aromatic heterocycles. The van der Waals surface area contributed by atoms with Crippen LogP contribution in [0.1, 0.15) is 6.42 Å². The van der Waals surface area contributed by atoms with Crippen LogP contribution in [0.25, 0.3) is 10.2 Å². The molecule has 0 saturated carbocycles. The maximum absolute atomic E-state index is 9.54. The zero-order chi connectivity index (χ0) is 11.1. The van der Waals surface area contributed by atoms with Gasteiger partial charge in [0.2, 0.25) is 5.28 Å². The molecule has 1 atom stereocenters. The van der Waals surface area contributed by atoms with Gasteiger partial charge in [-0.25, -0.2) is 4.98 Å². The Morgan fingerprint density at radius 2 is 2.38 bits per heavy atom. The van der Waals surface area contributed by atoms with Crippen molar-refractivity contribution in [2.24, 2.45) is 0 Å². The van der Waals surface area contributed by atoms with Crippen LogP contribution in [0.15, 0.2) is 11.4 Å². The van der Waals surface area contributed by atoms with E-state index in [4.69, 9.17) is 11.6 Å². The lowest BCUT2D eigenvalue weighted by molar-refractivity contribution is 0.198. The van der Waals surface area contributed by atoms with Gasteiger partial charge in [0.15, 0.2) is 0 Å². The Morgan fingerprint density at radius 1 is 1.50 bits per heavy atom. The predicted molar refractivity (Wildman–Crippen MR) is 65.3 cm³/mol. The average Bonchev–Trinajstić information content (AvgIpc) is 2.84. The Hall–Kier alpha value is -0.910. The predicted octanol–water partition coefficient (Wildman–Crippen LogP) is 1.92. The van der Waals surface area contributed by atoms with E-state index in [2.05, 4.69) is 14.9 Å². The summed E-state index contributed by atoms with van der Waals surface area (Å²) in [5, 5.41) is 12.8. The number of aliphatic hydroxyl groups excluding tert-OH is 1. The van der Waals surface area contributed by atoms with Crippen LogP contribution in [-0.4, -0.2) is 34.3 Å². The number of hydrogen-bond acceptors (Lipinski definition) is 5. The molecule has 16 heavy (non-hydrogen) atoms. The monoisotopic (exact) mass is 255 g/mol. The summed E-state index contributed by atoms with van der Waals surface area (Å²) in [6, 6.07) is 2.00. The molecule has 0 bridgehead atoms. The maximum Gasteiger partial charge on any atom is 0.225 e. The zero-order valence-corrected chi connectivity index (χ0v) is 10.0. The van der Waals surface area contributed by atoms with Gasteiger partial charge in [-0.2, -0.15) is 4.98 Å². The lowest BCUT2D eigenvalue weighted by atomic mass is 10.3. The summed E-state index contributed by atoms with van der Waals surface area (Å²) in [6.45, 7) is 1.44. The summed E-state index contributed by atoms with van der Waals surface area (Å²) in [6.07, 6.45) is 0.523. The minimum absolute atomic E-state index is 0.262. The maximum atomic E-state index is 9.54. The van der Waals surface area contributed by atoms with E-state index in [9.17, 15) is 5.11 Å². The lowest BCUT2D eigenvalue weighted by Crippen LogP contribution is -2.22. The molecule has 0 aliphatic carbocycles. The summed E-state index contributed by atoms with van der Waals surface area (Å²) in [4.78, 5) is 11.4. The number of rotatable bonds is 1. The second-order valence-electron chi connectivity index (χ2n) is 3.84. The number of fused-ring (bicyclic) bond motifs is 1. The van der Waals surface area contributed by atoms with E-state index < -0.39 is 0 Å². The second kappa shape index (κ2) is 3.84. The Bertz CT molecular complexity index is 530. The summed E-state index contributed by atoms with van der Waals surface area (Å²) in [5.41, 5.74) is 0. The van der Waals surface area contributed by atoms with Crippen molar-refractivity contribution in [3.8, 4) is 0 Å². The van der Waals surface area contributed by atoms with E-state index in [1.807, 2.05) is 11.4 Å². The van der Waals surface area contributed by atoms with Gasteiger partial charge in [-0.1, -0.05) is 0 Å². The highest BCUT2D eigenvalue weighted by atomic mass is 35.5. The molecule has 3 rings (SSSR count). The molecule has 84 valence electrons. The van der Waals surface area contributed by atoms with Gasteiger partial charge in [0.05, 0.1) is 11.5 Å². The molecular formula is C10H10ClN3OS. The first-order chi connectivity index (χ1) is 7.74. The van der Waals surface area contributed by atoms with Crippen LogP contribution in [-0.2, 0) is 0 Å². The fourth-order valence-electron chi connectivity index (χ4n) is 1.99. The molecule has 1 fully saturated rings. The third-order valence-corrected chi connectivity index (χ3v) is 3.72. The standard InChI is InChI=1S/C10H10ClN3OS/c11-10-12-8(14-3-1-6(15)5-14)7-2-4-16-9(7)13-10/h2,4,6,15H,1,3,5H2. The molecule has 4 nitrogen and oxygen atoms in total. The third kappa shape index (κ3) is 1.65. The van der Waals surface area contributed by atoms with Crippen LogP contribution in [0.5, 0.6) is 0 Å². The molecule has 1 N–H and O–H groups in total. The van der Waals surface area contributed by atoms with Crippen molar-refractivity contribution in [3.05, 3.63) is 16.7 Å². The SMILES string of the molecule is OC1CCN(c2nc(Cl)nc3sccc23)C1. The highest BCUT2D eigenvalue weighted by molar-refractivity contribution is 7.16. The van der Waals surface area contributed by atoms with Crippen molar-refractivity contribution in [2.45, 2.75) is 12.5 Å². The van der Waals surface area contributed by atoms with Crippen molar-refractivity contribution in [3.63, 3.8) is 0 Å². The fourth-order valence-corrected chi connectivity index (χ4v) is 2.96. The first-order valence-corrected chi connectivity index (χ1v) is 6.33. The van der Waals surface area contributed by atoms with E-state index in [0.717, 1.165) is 29.0 Å². The quantitative estimate of drug-likeness (QED) is 0.791. The summed E-state index contributed by atoms with van der Waals surface area (Å²) in [5.74, 6) is 0.841. The number of thiophene rings is 1. The zero-order valence-electron chi connectivity index (χ0n) is 8.43. The second-order valence-corrected chi connectivity index (χ2v) is 5.08. The number of nitrogens with zero attached hydrogens (tertiary/aromatic N) is 3. The molecule has 0 radical (unpaired) electrons. The third-order valence-electron chi connectivity index (χ3n) is 2.74. The van der Waals surface area contributed by atoms with Gasteiger partial charge in [0.25, 0.3) is 0 Å². The number of hydrogen-bond donors (Lipinski definition) is 1. The van der Waals surface area contributed by atoms with Crippen LogP contribution in [0, 0.1) is 0 Å². The van der Waals surface area contributed by atoms with Gasteiger partial charge in [0, 0.05) is 13.1 Å². The fraction of sp³-hybridized carbons (Fsp3) is 0.400. The van der Waals surface area contributed by atoms with Crippen LogP contribution in [0.3, 0.4) is 0 Å². The molecule has 6 heteroatoms. The molecule has 0 spiro atoms. The van der Waals surface area contributed by atoms with Gasteiger partial charge in [-0.05, 0) is 29.5 Å². The van der Waals surface area contributed by atoms with Crippen LogP contribution in [0.2, 0.25) is 5.28 Å². The van der Waals surface area contributed by atoms with E-state index in [1.54, 1.807) is 11.3 Å². The molecule has 1 saturated heterocycles. The Morgan fingerprint density at radius 3 is 3.12 bits per heavy atom. The molecule has 1 aliphatic rings. The molecule has 0 aromatic carbocycles. The van der Waals surface area contributed by atoms with Crippen molar-refractivity contribution < 1.29 is 5.11 Å². The highest BCUT2D eigenvalue weighted by Gasteiger charge is 2.23. The normalized spacial score (nSPS) is 20.9. The van der Waals surface area contributed by atoms with Crippen molar-refractivity contribution in [1.82, 2.24) is 9.97 Å². The summed E-state index contributed by atoms with van der Waals surface area (Å²) in [7, 11) is 0. The summed E-state index contributed by atoms with van der Waals surface area (Å²) >= 11 is 7.44. The molecule has 2 aromatic rings. The van der Waals surface area contributed by atoms with Crippen LogP contribution in [0.4, 0.5) is 5.82 Å². The molecule has 1 aliphatic heterocycles. The van der Waals surface area contributed by atoms with Gasteiger partial charge in [-0.3, -0.25) is 0 Å². The number of halogens is 1. The largest absolute Gasteiger partial charge is 0.391 e. The van der Waals surface area contributed by atoms with Crippen molar-refractivity contribution >= 4 is 39.0 Å². The van der Waals surface area contributed by atoms with Crippen molar-refractivity contribution in [2.75, 3.05) is 18.0 Å². The Labute approximate surface area is 102 Å². The number of anilines is 1. The number of β-amino-alcohol motifs (C(OH)–C–C–N with tert-alkyl or cyclic N) is 1. The topological polar surface area (TPSA) is 49.2 Å². The summed E-state index contributed by atoms with van der Waals surface area (Å²) < 4.78 is 0. The van der Waals surface area contributed by atoms with Gasteiger partial charge in [-0.15, -0.1) is 11.3 Å². The minimum Gasteiger partial charge on any atom is -0.391 e. The first kappa shape index (κ1) is 10.3. The molecule has 1 unspecified atom stereocenters. The van der Waals surface area contributed by atoms with E-state index in [0.29, 0.717) is 6.54 Å². The minimum atomic E-state index is -0.262. The smallest absolute Gasteiger partial charge is 0.225 e. The average molecular weight is 256 g/mol. The van der Waals surface area contributed by atoms with E-state index in [-0.39, 0.29) is 11.4 Å². The molecule has 3 heterocycles. The van der Waals surface area contributed by atoms with Gasteiger partial charge < -0.3 is 10.0 Å². The van der Waals surface area contributed by atoms with Crippen molar-refractivity contribution in [1.29, 1.82) is 0 Å². The molecule has 0 amide bonds. The molecular weight excluding hydrogens is 246 g/mol. The Balaban J connectivity index is 2.11. The first-order valence-electron chi connectivity index (χ1n) is 5.08. The van der Waals surface area contributed by atoms with Crippen LogP contribution < -0.4 is 4.90 Å². The Kier molecular flexibility index (Phi) is 2.46. The number of aromatic nitrogens is 2. The van der Waals surface area contributed by atoms with E-state index >= 15 is 0 Å². The lowest BCUT2D eigenvalue weighted by Gasteiger charge is -2.17. The number of aliphatic hydroxyl groups is 1. The van der Waals surface area contributed by atoms with Crippen LogP contribution >= 0.6 is 22.9 Å². The van der Waals surface area contributed by atoms with Gasteiger partial charge in [0.1, 0.15) is 10.6 Å².